The van der Waals surface area contributed by atoms with Gasteiger partial charge in [-0.25, -0.2) is 4.79 Å². The number of carboxylic acid groups (broad SMARTS) is 1. The molecule has 0 fully saturated rings. The van der Waals surface area contributed by atoms with E-state index in [1.54, 1.807) is 0 Å². The lowest BCUT2D eigenvalue weighted by Gasteiger charge is -2.19. The molecule has 140 valence electrons. The van der Waals surface area contributed by atoms with E-state index in [0.29, 0.717) is 0 Å². The molecule has 0 aliphatic carbocycles. The molecule has 1 aromatic heterocycles. The molecule has 1 aromatic carbocycles. The minimum atomic E-state index is -3.02. The maximum absolute atomic E-state index is 12.3. The second-order valence-electron chi connectivity index (χ2n) is 5.74. The van der Waals surface area contributed by atoms with E-state index in [4.69, 9.17) is 4.74 Å². The van der Waals surface area contributed by atoms with E-state index in [1.807, 2.05) is 0 Å². The molecule has 2 aromatic rings. The lowest BCUT2D eigenvalue weighted by atomic mass is 10.1. The third-order valence-electron chi connectivity index (χ3n) is 3.58. The Morgan fingerprint density at radius 2 is 2.00 bits per heavy atom. The van der Waals surface area contributed by atoms with Crippen molar-refractivity contribution in [2.75, 3.05) is 12.4 Å². The van der Waals surface area contributed by atoms with Gasteiger partial charge in [0.2, 0.25) is 0 Å². The number of ether oxygens (including phenoxy) is 2. The quantitative estimate of drug-likeness (QED) is 0.778. The van der Waals surface area contributed by atoms with E-state index in [-0.39, 0.29) is 22.7 Å². The van der Waals surface area contributed by atoms with Crippen molar-refractivity contribution < 1.29 is 33.0 Å². The Bertz CT molecular complexity index is 820. The third kappa shape index (κ3) is 4.08. The van der Waals surface area contributed by atoms with Crippen molar-refractivity contribution in [2.24, 2.45) is 0 Å². The number of nitrogens with zero attached hydrogens (tertiary/aromatic N) is 2. The van der Waals surface area contributed by atoms with Gasteiger partial charge < -0.3 is 19.9 Å². The van der Waals surface area contributed by atoms with Gasteiger partial charge in [0.05, 0.1) is 19.0 Å². The fraction of sp³-hybridized carbons (Fsp3) is 0.312. The molecule has 0 aliphatic rings. The Balaban J connectivity index is 2.18. The second kappa shape index (κ2) is 7.38. The predicted octanol–water partition coefficient (Wildman–Crippen LogP) is 2.57. The van der Waals surface area contributed by atoms with E-state index < -0.39 is 24.0 Å². The Morgan fingerprint density at radius 1 is 1.31 bits per heavy atom. The van der Waals surface area contributed by atoms with Crippen molar-refractivity contribution in [3.63, 3.8) is 0 Å². The van der Waals surface area contributed by atoms with Crippen LogP contribution in [0.15, 0.2) is 30.6 Å². The first-order chi connectivity index (χ1) is 12.1. The van der Waals surface area contributed by atoms with Crippen LogP contribution in [0.25, 0.3) is 0 Å². The second-order valence-corrected chi connectivity index (χ2v) is 5.74. The number of rotatable bonds is 7. The topological polar surface area (TPSA) is 103 Å². The molecule has 0 saturated heterocycles. The number of benzene rings is 1. The SMILES string of the molecule is COc1cc(C(=O)Nc2cnn(C(C)(C)C(=O)O)c2)ccc1OC(F)F. The number of hydrogen-bond acceptors (Lipinski definition) is 5. The highest BCUT2D eigenvalue weighted by molar-refractivity contribution is 6.04. The normalized spacial score (nSPS) is 11.3. The van der Waals surface area contributed by atoms with Crippen LogP contribution in [-0.4, -0.2) is 40.5 Å². The van der Waals surface area contributed by atoms with Gasteiger partial charge in [-0.1, -0.05) is 0 Å². The van der Waals surface area contributed by atoms with Crippen molar-refractivity contribution in [3.05, 3.63) is 36.2 Å². The highest BCUT2D eigenvalue weighted by atomic mass is 19.3. The first-order valence-corrected chi connectivity index (χ1v) is 7.38. The number of nitrogens with one attached hydrogen (secondary N) is 1. The van der Waals surface area contributed by atoms with E-state index in [0.717, 1.165) is 0 Å². The predicted molar refractivity (Wildman–Crippen MR) is 86.8 cm³/mol. The minimum Gasteiger partial charge on any atom is -0.493 e. The summed E-state index contributed by atoms with van der Waals surface area (Å²) in [7, 11) is 1.26. The number of aliphatic carboxylic acids is 1. The Hall–Kier alpha value is -3.17. The maximum atomic E-state index is 12.3. The van der Waals surface area contributed by atoms with E-state index in [9.17, 15) is 23.5 Å². The molecule has 10 heteroatoms. The lowest BCUT2D eigenvalue weighted by molar-refractivity contribution is -0.146. The fourth-order valence-electron chi connectivity index (χ4n) is 2.00. The van der Waals surface area contributed by atoms with Gasteiger partial charge in [-0.15, -0.1) is 0 Å². The van der Waals surface area contributed by atoms with Crippen LogP contribution >= 0.6 is 0 Å². The number of hydrogen-bond donors (Lipinski definition) is 2. The molecule has 0 atom stereocenters. The first kappa shape index (κ1) is 19.2. The summed E-state index contributed by atoms with van der Waals surface area (Å²) in [5.74, 6) is -1.87. The highest BCUT2D eigenvalue weighted by Gasteiger charge is 2.30. The number of carboxylic acids is 1. The number of aromatic nitrogens is 2. The molecule has 0 unspecified atom stereocenters. The zero-order valence-electron chi connectivity index (χ0n) is 14.2. The van der Waals surface area contributed by atoms with Crippen LogP contribution in [0.1, 0.15) is 24.2 Å². The van der Waals surface area contributed by atoms with Gasteiger partial charge >= 0.3 is 12.6 Å². The van der Waals surface area contributed by atoms with Crippen molar-refractivity contribution >= 4 is 17.6 Å². The average Bonchev–Trinajstić information content (AvgIpc) is 3.03. The van der Waals surface area contributed by atoms with Crippen molar-refractivity contribution in [2.45, 2.75) is 26.0 Å². The Labute approximate surface area is 147 Å². The van der Waals surface area contributed by atoms with Gasteiger partial charge in [0, 0.05) is 11.8 Å². The lowest BCUT2D eigenvalue weighted by Crippen LogP contribution is -2.35. The Morgan fingerprint density at radius 3 is 2.58 bits per heavy atom. The summed E-state index contributed by atoms with van der Waals surface area (Å²) in [6, 6.07) is 3.73. The number of halogens is 2. The van der Waals surface area contributed by atoms with Crippen LogP contribution in [0.3, 0.4) is 0 Å². The molecule has 2 rings (SSSR count). The van der Waals surface area contributed by atoms with Crippen molar-refractivity contribution in [1.82, 2.24) is 9.78 Å². The van der Waals surface area contributed by atoms with Crippen LogP contribution in [-0.2, 0) is 10.3 Å². The minimum absolute atomic E-state index is 0.0272. The van der Waals surface area contributed by atoms with E-state index in [1.165, 1.54) is 56.2 Å². The number of methoxy groups -OCH3 is 1. The smallest absolute Gasteiger partial charge is 0.387 e. The van der Waals surface area contributed by atoms with Gasteiger partial charge in [0.25, 0.3) is 5.91 Å². The molecule has 0 saturated carbocycles. The van der Waals surface area contributed by atoms with Gasteiger partial charge in [-0.3, -0.25) is 9.48 Å². The average molecular weight is 369 g/mol. The summed E-state index contributed by atoms with van der Waals surface area (Å²) in [6.45, 7) is -0.104. The molecular formula is C16H17F2N3O5. The molecule has 0 spiro atoms. The van der Waals surface area contributed by atoms with E-state index >= 15 is 0 Å². The van der Waals surface area contributed by atoms with Crippen molar-refractivity contribution in [3.8, 4) is 11.5 Å². The molecule has 26 heavy (non-hydrogen) atoms. The molecule has 0 bridgehead atoms. The van der Waals surface area contributed by atoms with Crippen LogP contribution in [0, 0.1) is 0 Å². The summed E-state index contributed by atoms with van der Waals surface area (Å²) in [6.07, 6.45) is 2.67. The van der Waals surface area contributed by atoms with Crippen molar-refractivity contribution in [1.29, 1.82) is 0 Å². The number of amides is 1. The largest absolute Gasteiger partial charge is 0.493 e. The third-order valence-corrected chi connectivity index (χ3v) is 3.58. The van der Waals surface area contributed by atoms with Crippen LogP contribution in [0.2, 0.25) is 0 Å². The zero-order chi connectivity index (χ0) is 19.5. The van der Waals surface area contributed by atoms with Crippen LogP contribution < -0.4 is 14.8 Å². The number of carbonyl (C=O) groups is 2. The van der Waals surface area contributed by atoms with Gasteiger partial charge in [-0.2, -0.15) is 13.9 Å². The van der Waals surface area contributed by atoms with Crippen LogP contribution in [0.5, 0.6) is 11.5 Å². The number of carbonyl (C=O) groups excluding carboxylic acids is 1. The van der Waals surface area contributed by atoms with Gasteiger partial charge in [0.1, 0.15) is 0 Å². The summed E-state index contributed by atoms with van der Waals surface area (Å²) in [4.78, 5) is 23.5. The molecule has 0 aliphatic heterocycles. The monoisotopic (exact) mass is 369 g/mol. The Kier molecular flexibility index (Phi) is 5.44. The number of anilines is 1. The van der Waals surface area contributed by atoms with Crippen LogP contribution in [0.4, 0.5) is 14.5 Å². The molecule has 0 radical (unpaired) electrons. The molecule has 8 nitrogen and oxygen atoms in total. The fourth-order valence-corrected chi connectivity index (χ4v) is 2.00. The number of alkyl halides is 2. The summed E-state index contributed by atoms with van der Waals surface area (Å²) >= 11 is 0. The summed E-state index contributed by atoms with van der Waals surface area (Å²) < 4.78 is 35.1. The standard InChI is InChI=1S/C16H17F2N3O5/c1-16(2,14(23)24)21-8-10(7-19-21)20-13(22)9-4-5-11(26-15(17)18)12(6-9)25-3/h4-8,15H,1-3H3,(H,20,22)(H,23,24). The van der Waals surface area contributed by atoms with E-state index in [2.05, 4.69) is 15.2 Å². The molecular weight excluding hydrogens is 352 g/mol. The summed E-state index contributed by atoms with van der Waals surface area (Å²) in [5.41, 5.74) is -0.884. The summed E-state index contributed by atoms with van der Waals surface area (Å²) in [5, 5.41) is 15.7. The molecule has 1 amide bonds. The highest BCUT2D eigenvalue weighted by Crippen LogP contribution is 2.29. The molecule has 1 heterocycles. The molecule has 2 N–H and O–H groups in total. The van der Waals surface area contributed by atoms with Gasteiger partial charge in [-0.05, 0) is 32.0 Å². The van der Waals surface area contributed by atoms with Gasteiger partial charge in [0.15, 0.2) is 17.0 Å². The maximum Gasteiger partial charge on any atom is 0.387 e. The first-order valence-electron chi connectivity index (χ1n) is 7.38. The zero-order valence-corrected chi connectivity index (χ0v) is 14.2.